The highest BCUT2D eigenvalue weighted by Crippen LogP contribution is 2.33. The lowest BCUT2D eigenvalue weighted by molar-refractivity contribution is -0.137. The fourth-order valence-corrected chi connectivity index (χ4v) is 2.53. The second-order valence-electron chi connectivity index (χ2n) is 4.90. The summed E-state index contributed by atoms with van der Waals surface area (Å²) in [6.07, 6.45) is 6.67. The maximum atomic E-state index is 10.4. The molecule has 0 saturated heterocycles. The van der Waals surface area contributed by atoms with Crippen molar-refractivity contribution in [2.75, 3.05) is 6.61 Å². The molecule has 1 N–H and O–H groups in total. The van der Waals surface area contributed by atoms with E-state index in [1.807, 2.05) is 12.1 Å². The van der Waals surface area contributed by atoms with E-state index in [9.17, 15) is 4.79 Å². The van der Waals surface area contributed by atoms with Crippen molar-refractivity contribution in [3.05, 3.63) is 29.8 Å². The zero-order valence-electron chi connectivity index (χ0n) is 10.6. The zero-order valence-corrected chi connectivity index (χ0v) is 10.6. The quantitative estimate of drug-likeness (QED) is 0.866. The Hall–Kier alpha value is -1.51. The van der Waals surface area contributed by atoms with Crippen LogP contribution in [0.2, 0.25) is 0 Å². The fraction of sp³-hybridized carbons (Fsp3) is 0.533. The minimum absolute atomic E-state index is 0.0460. The molecule has 18 heavy (non-hydrogen) atoms. The lowest BCUT2D eigenvalue weighted by atomic mass is 9.84. The summed E-state index contributed by atoms with van der Waals surface area (Å²) in [6.45, 7) is 0.234. The van der Waals surface area contributed by atoms with Crippen molar-refractivity contribution in [1.82, 2.24) is 0 Å². The molecule has 1 aromatic carbocycles. The molecule has 0 bridgehead atoms. The summed E-state index contributed by atoms with van der Waals surface area (Å²) in [5, 5.41) is 8.53. The van der Waals surface area contributed by atoms with E-state index in [1.54, 1.807) is 0 Å². The highest BCUT2D eigenvalue weighted by Gasteiger charge is 2.15. The van der Waals surface area contributed by atoms with Gasteiger partial charge in [-0.05, 0) is 36.5 Å². The summed E-state index contributed by atoms with van der Waals surface area (Å²) in [6, 6.07) is 8.13. The Bertz CT molecular complexity index is 377. The minimum Gasteiger partial charge on any atom is -0.493 e. The average molecular weight is 248 g/mol. The molecule has 0 heterocycles. The number of aliphatic carboxylic acids is 1. The van der Waals surface area contributed by atoms with Gasteiger partial charge in [-0.3, -0.25) is 4.79 Å². The molecule has 1 saturated carbocycles. The lowest BCUT2D eigenvalue weighted by Crippen LogP contribution is -2.06. The van der Waals surface area contributed by atoms with Crippen molar-refractivity contribution in [3.63, 3.8) is 0 Å². The van der Waals surface area contributed by atoms with E-state index >= 15 is 0 Å². The van der Waals surface area contributed by atoms with Gasteiger partial charge in [-0.25, -0.2) is 0 Å². The zero-order chi connectivity index (χ0) is 12.8. The molecule has 0 aromatic heterocycles. The molecular weight excluding hydrogens is 228 g/mol. The standard InChI is InChI=1S/C15H20O3/c16-15(17)10-11-18-14-8-6-13(7-9-14)12-4-2-1-3-5-12/h6-9,12H,1-5,10-11H2,(H,16,17). The van der Waals surface area contributed by atoms with Gasteiger partial charge < -0.3 is 9.84 Å². The maximum Gasteiger partial charge on any atom is 0.306 e. The first-order valence-electron chi connectivity index (χ1n) is 6.70. The van der Waals surface area contributed by atoms with Gasteiger partial charge in [0.05, 0.1) is 13.0 Å². The number of hydrogen-bond donors (Lipinski definition) is 1. The van der Waals surface area contributed by atoms with Crippen molar-refractivity contribution in [2.45, 2.75) is 44.4 Å². The first-order valence-corrected chi connectivity index (χ1v) is 6.70. The topological polar surface area (TPSA) is 46.5 Å². The molecule has 1 aliphatic carbocycles. The minimum atomic E-state index is -0.825. The summed E-state index contributed by atoms with van der Waals surface area (Å²) >= 11 is 0. The number of hydrogen-bond acceptors (Lipinski definition) is 2. The SMILES string of the molecule is O=C(O)CCOc1ccc(C2CCCCC2)cc1. The predicted octanol–water partition coefficient (Wildman–Crippen LogP) is 3.59. The van der Waals surface area contributed by atoms with Gasteiger partial charge in [-0.2, -0.15) is 0 Å². The summed E-state index contributed by atoms with van der Waals surface area (Å²) in [7, 11) is 0. The lowest BCUT2D eigenvalue weighted by Gasteiger charge is -2.22. The van der Waals surface area contributed by atoms with Gasteiger partial charge in [0.25, 0.3) is 0 Å². The van der Waals surface area contributed by atoms with Crippen molar-refractivity contribution >= 4 is 5.97 Å². The van der Waals surface area contributed by atoms with Crippen LogP contribution < -0.4 is 4.74 Å². The Morgan fingerprint density at radius 3 is 2.44 bits per heavy atom. The number of carbonyl (C=O) groups is 1. The van der Waals surface area contributed by atoms with E-state index in [-0.39, 0.29) is 13.0 Å². The number of ether oxygens (including phenoxy) is 1. The largest absolute Gasteiger partial charge is 0.493 e. The summed E-state index contributed by atoms with van der Waals surface area (Å²) in [4.78, 5) is 10.4. The van der Waals surface area contributed by atoms with E-state index < -0.39 is 5.97 Å². The molecule has 0 atom stereocenters. The number of carboxylic acids is 1. The van der Waals surface area contributed by atoms with Crippen LogP contribution in [0.15, 0.2) is 24.3 Å². The Kier molecular flexibility index (Phi) is 4.62. The van der Waals surface area contributed by atoms with Gasteiger partial charge in [-0.15, -0.1) is 0 Å². The first-order chi connectivity index (χ1) is 8.75. The van der Waals surface area contributed by atoms with E-state index in [2.05, 4.69) is 12.1 Å². The molecule has 1 fully saturated rings. The van der Waals surface area contributed by atoms with Crippen molar-refractivity contribution < 1.29 is 14.6 Å². The van der Waals surface area contributed by atoms with Crippen LogP contribution in [-0.4, -0.2) is 17.7 Å². The summed E-state index contributed by atoms with van der Waals surface area (Å²) in [5.74, 6) is 0.636. The van der Waals surface area contributed by atoms with Crippen molar-refractivity contribution in [1.29, 1.82) is 0 Å². The van der Waals surface area contributed by atoms with Crippen LogP contribution in [0.4, 0.5) is 0 Å². The highest BCUT2D eigenvalue weighted by molar-refractivity contribution is 5.66. The Balaban J connectivity index is 1.86. The maximum absolute atomic E-state index is 10.4. The van der Waals surface area contributed by atoms with Crippen LogP contribution in [0.1, 0.15) is 50.0 Å². The molecule has 3 nitrogen and oxygen atoms in total. The van der Waals surface area contributed by atoms with Gasteiger partial charge >= 0.3 is 5.97 Å². The van der Waals surface area contributed by atoms with Crippen LogP contribution in [0.25, 0.3) is 0 Å². The number of carboxylic acid groups (broad SMARTS) is 1. The molecule has 0 aliphatic heterocycles. The second kappa shape index (κ2) is 6.43. The van der Waals surface area contributed by atoms with Crippen LogP contribution in [-0.2, 0) is 4.79 Å². The van der Waals surface area contributed by atoms with E-state index in [0.29, 0.717) is 5.92 Å². The molecule has 2 rings (SSSR count). The molecule has 1 aromatic rings. The normalized spacial score (nSPS) is 16.4. The highest BCUT2D eigenvalue weighted by atomic mass is 16.5. The third-order valence-corrected chi connectivity index (χ3v) is 3.54. The molecule has 98 valence electrons. The number of benzene rings is 1. The Morgan fingerprint density at radius 2 is 1.83 bits per heavy atom. The van der Waals surface area contributed by atoms with Gasteiger partial charge in [0.1, 0.15) is 5.75 Å². The number of rotatable bonds is 5. The molecule has 1 aliphatic rings. The Morgan fingerprint density at radius 1 is 1.17 bits per heavy atom. The monoisotopic (exact) mass is 248 g/mol. The van der Waals surface area contributed by atoms with E-state index in [1.165, 1.54) is 37.7 Å². The summed E-state index contributed by atoms with van der Waals surface area (Å²) in [5.41, 5.74) is 1.39. The first kappa shape index (κ1) is 12.9. The predicted molar refractivity (Wildman–Crippen MR) is 70.0 cm³/mol. The summed E-state index contributed by atoms with van der Waals surface area (Å²) < 4.78 is 5.38. The van der Waals surface area contributed by atoms with Crippen LogP contribution in [0.3, 0.4) is 0 Å². The molecule has 0 amide bonds. The molecular formula is C15H20O3. The van der Waals surface area contributed by atoms with Gasteiger partial charge in [0.2, 0.25) is 0 Å². The molecule has 0 radical (unpaired) electrons. The molecule has 0 unspecified atom stereocenters. The van der Waals surface area contributed by atoms with Gasteiger partial charge in [0, 0.05) is 0 Å². The second-order valence-corrected chi connectivity index (χ2v) is 4.90. The van der Waals surface area contributed by atoms with Crippen LogP contribution >= 0.6 is 0 Å². The van der Waals surface area contributed by atoms with Crippen molar-refractivity contribution in [3.8, 4) is 5.75 Å². The fourth-order valence-electron chi connectivity index (χ4n) is 2.53. The van der Waals surface area contributed by atoms with Gasteiger partial charge in [-0.1, -0.05) is 31.4 Å². The van der Waals surface area contributed by atoms with Crippen LogP contribution in [0, 0.1) is 0 Å². The smallest absolute Gasteiger partial charge is 0.306 e. The average Bonchev–Trinajstić information content (AvgIpc) is 2.40. The van der Waals surface area contributed by atoms with E-state index in [4.69, 9.17) is 9.84 Å². The molecule has 0 spiro atoms. The van der Waals surface area contributed by atoms with Crippen LogP contribution in [0.5, 0.6) is 5.75 Å². The van der Waals surface area contributed by atoms with Crippen molar-refractivity contribution in [2.24, 2.45) is 0 Å². The molecule has 3 heteroatoms. The third-order valence-electron chi connectivity index (χ3n) is 3.54. The third kappa shape index (κ3) is 3.76. The Labute approximate surface area is 108 Å². The van der Waals surface area contributed by atoms with E-state index in [0.717, 1.165) is 5.75 Å². The van der Waals surface area contributed by atoms with Gasteiger partial charge in [0.15, 0.2) is 0 Å².